The molecule has 0 saturated carbocycles. The molecule has 0 aliphatic carbocycles. The van der Waals surface area contributed by atoms with Crippen LogP contribution in [0.1, 0.15) is 44.4 Å². The van der Waals surface area contributed by atoms with Crippen LogP contribution in [0.15, 0.2) is 58.0 Å². The van der Waals surface area contributed by atoms with E-state index in [0.29, 0.717) is 11.6 Å². The summed E-state index contributed by atoms with van der Waals surface area (Å²) >= 11 is 0. The van der Waals surface area contributed by atoms with Crippen LogP contribution in [0.2, 0.25) is 0 Å². The number of hydrogen-bond donors (Lipinski definition) is 0. The fourth-order valence-corrected chi connectivity index (χ4v) is 3.78. The van der Waals surface area contributed by atoms with Gasteiger partial charge in [-0.1, -0.05) is 37.6 Å². The van der Waals surface area contributed by atoms with Crippen LogP contribution >= 0.6 is 0 Å². The highest BCUT2D eigenvalue weighted by molar-refractivity contribution is 5.90. The van der Waals surface area contributed by atoms with Gasteiger partial charge in [-0.2, -0.15) is 5.10 Å². The Morgan fingerprint density at radius 3 is 2.66 bits per heavy atom. The molecule has 3 heterocycles. The summed E-state index contributed by atoms with van der Waals surface area (Å²) in [5, 5.41) is 4.65. The van der Waals surface area contributed by atoms with E-state index < -0.39 is 0 Å². The lowest BCUT2D eigenvalue weighted by atomic mass is 9.96. The Morgan fingerprint density at radius 1 is 1.17 bits per heavy atom. The minimum Gasteiger partial charge on any atom is -0.381 e. The topological polar surface area (TPSA) is 56.5 Å². The summed E-state index contributed by atoms with van der Waals surface area (Å²) in [7, 11) is 0. The van der Waals surface area contributed by atoms with Gasteiger partial charge in [0.2, 0.25) is 5.43 Å². The zero-order valence-electron chi connectivity index (χ0n) is 17.0. The fraction of sp³-hybridized carbons (Fsp3) is 0.375. The van der Waals surface area contributed by atoms with Crippen LogP contribution < -0.4 is 5.43 Å². The number of nitrogens with zero attached hydrogens (tertiary/aromatic N) is 3. The standard InChI is InChI=1S/C24H27N3O2/c1-17(2)15-22-21(7-11-25-22)24-23(28)8-12-27(26-24)20-5-3-18(4-6-20)16-19-9-13-29-14-10-19/h3-8,11-12,16-17,22H,9-10,13-15H2,1-2H3. The molecular weight excluding hydrogens is 362 g/mol. The Balaban J connectivity index is 1.58. The third-order valence-electron chi connectivity index (χ3n) is 5.32. The van der Waals surface area contributed by atoms with Crippen LogP contribution in [0.4, 0.5) is 0 Å². The minimum atomic E-state index is -0.0624. The van der Waals surface area contributed by atoms with Crippen LogP contribution in [0.25, 0.3) is 17.3 Å². The first-order valence-corrected chi connectivity index (χ1v) is 10.3. The van der Waals surface area contributed by atoms with E-state index in [4.69, 9.17) is 4.74 Å². The zero-order chi connectivity index (χ0) is 20.2. The molecule has 0 bridgehead atoms. The number of benzene rings is 1. The Hall–Kier alpha value is -2.79. The summed E-state index contributed by atoms with van der Waals surface area (Å²) in [6, 6.07) is 9.87. The molecule has 1 fully saturated rings. The van der Waals surface area contributed by atoms with Crippen LogP contribution in [-0.2, 0) is 4.74 Å². The molecule has 0 amide bonds. The van der Waals surface area contributed by atoms with Gasteiger partial charge in [0.1, 0.15) is 5.69 Å². The molecular formula is C24H27N3O2. The van der Waals surface area contributed by atoms with Crippen LogP contribution in [0, 0.1) is 5.92 Å². The maximum atomic E-state index is 12.5. The molecule has 29 heavy (non-hydrogen) atoms. The molecule has 1 atom stereocenters. The summed E-state index contributed by atoms with van der Waals surface area (Å²) in [4.78, 5) is 17.0. The Labute approximate surface area is 171 Å². The quantitative estimate of drug-likeness (QED) is 0.766. The van der Waals surface area contributed by atoms with Crippen LogP contribution in [0.5, 0.6) is 0 Å². The lowest BCUT2D eigenvalue weighted by Crippen LogP contribution is -2.20. The second-order valence-electron chi connectivity index (χ2n) is 8.05. The van der Waals surface area contributed by atoms with Crippen molar-refractivity contribution in [1.29, 1.82) is 0 Å². The van der Waals surface area contributed by atoms with Crippen molar-refractivity contribution in [1.82, 2.24) is 9.78 Å². The molecule has 1 aromatic heterocycles. The highest BCUT2D eigenvalue weighted by Gasteiger charge is 2.22. The molecule has 0 N–H and O–H groups in total. The molecule has 5 heteroatoms. The van der Waals surface area contributed by atoms with Crippen LogP contribution in [-0.4, -0.2) is 35.3 Å². The average molecular weight is 389 g/mol. The van der Waals surface area contributed by atoms with Gasteiger partial charge in [0.25, 0.3) is 0 Å². The number of hydrogen-bond acceptors (Lipinski definition) is 4. The predicted molar refractivity (Wildman–Crippen MR) is 118 cm³/mol. The normalized spacial score (nSPS) is 18.9. The number of rotatable bonds is 5. The van der Waals surface area contributed by atoms with Gasteiger partial charge in [-0.3, -0.25) is 9.79 Å². The monoisotopic (exact) mass is 389 g/mol. The molecule has 5 nitrogen and oxygen atoms in total. The maximum absolute atomic E-state index is 12.5. The Morgan fingerprint density at radius 2 is 1.93 bits per heavy atom. The van der Waals surface area contributed by atoms with Crippen molar-refractivity contribution in [3.63, 3.8) is 0 Å². The zero-order valence-corrected chi connectivity index (χ0v) is 17.0. The van der Waals surface area contributed by atoms with Gasteiger partial charge in [0.15, 0.2) is 0 Å². The van der Waals surface area contributed by atoms with Gasteiger partial charge in [0.05, 0.1) is 24.9 Å². The molecule has 2 aliphatic rings. The van der Waals surface area contributed by atoms with Gasteiger partial charge in [-0.25, -0.2) is 4.68 Å². The SMILES string of the molecule is CC(C)CC1N=CC=C1c1nn(-c2ccc(C=C3CCOCC3)cc2)ccc1=O. The van der Waals surface area contributed by atoms with Crippen molar-refractivity contribution >= 4 is 17.9 Å². The average Bonchev–Trinajstić information content (AvgIpc) is 3.17. The van der Waals surface area contributed by atoms with E-state index in [-0.39, 0.29) is 11.5 Å². The van der Waals surface area contributed by atoms with E-state index in [1.165, 1.54) is 11.1 Å². The van der Waals surface area contributed by atoms with Gasteiger partial charge in [0, 0.05) is 24.1 Å². The molecule has 1 saturated heterocycles. The van der Waals surface area contributed by atoms with Crippen molar-refractivity contribution in [3.8, 4) is 5.69 Å². The maximum Gasteiger partial charge on any atom is 0.207 e. The first kappa shape index (κ1) is 19.5. The largest absolute Gasteiger partial charge is 0.381 e. The van der Waals surface area contributed by atoms with E-state index in [9.17, 15) is 4.79 Å². The molecule has 2 aliphatic heterocycles. The van der Waals surface area contributed by atoms with Gasteiger partial charge in [-0.05, 0) is 49.0 Å². The van der Waals surface area contributed by atoms with E-state index in [1.807, 2.05) is 18.2 Å². The second kappa shape index (κ2) is 8.70. The Kier molecular flexibility index (Phi) is 5.86. The molecule has 1 unspecified atom stereocenters. The minimum absolute atomic E-state index is 0.0134. The van der Waals surface area contributed by atoms with Crippen molar-refractivity contribution in [2.75, 3.05) is 13.2 Å². The summed E-state index contributed by atoms with van der Waals surface area (Å²) < 4.78 is 7.19. The smallest absolute Gasteiger partial charge is 0.207 e. The molecule has 0 radical (unpaired) electrons. The van der Waals surface area contributed by atoms with Gasteiger partial charge in [-0.15, -0.1) is 0 Å². The highest BCUT2D eigenvalue weighted by Crippen LogP contribution is 2.25. The van der Waals surface area contributed by atoms with Gasteiger partial charge < -0.3 is 4.74 Å². The highest BCUT2D eigenvalue weighted by atomic mass is 16.5. The number of aliphatic imine (C=N–C) groups is 1. The third-order valence-corrected chi connectivity index (χ3v) is 5.32. The Bertz CT molecular complexity index is 1010. The summed E-state index contributed by atoms with van der Waals surface area (Å²) in [5.41, 5.74) is 4.88. The van der Waals surface area contributed by atoms with E-state index >= 15 is 0 Å². The lowest BCUT2D eigenvalue weighted by molar-refractivity contribution is 0.119. The van der Waals surface area contributed by atoms with Crippen molar-refractivity contribution < 1.29 is 4.74 Å². The fourth-order valence-electron chi connectivity index (χ4n) is 3.78. The first-order chi connectivity index (χ1) is 14.1. The summed E-state index contributed by atoms with van der Waals surface area (Å²) in [6.07, 6.45) is 10.6. The van der Waals surface area contributed by atoms with Crippen molar-refractivity contribution in [3.05, 3.63) is 69.7 Å². The molecule has 4 rings (SSSR count). The number of allylic oxidation sites excluding steroid dienone is 1. The van der Waals surface area contributed by atoms with Crippen molar-refractivity contribution in [2.45, 2.75) is 39.2 Å². The first-order valence-electron chi connectivity index (χ1n) is 10.3. The van der Waals surface area contributed by atoms with E-state index in [2.05, 4.69) is 42.1 Å². The van der Waals surface area contributed by atoms with Gasteiger partial charge >= 0.3 is 0 Å². The molecule has 2 aromatic rings. The molecule has 0 spiro atoms. The lowest BCUT2D eigenvalue weighted by Gasteiger charge is -2.16. The second-order valence-corrected chi connectivity index (χ2v) is 8.05. The summed E-state index contributed by atoms with van der Waals surface area (Å²) in [5.74, 6) is 0.502. The van der Waals surface area contributed by atoms with Crippen molar-refractivity contribution in [2.24, 2.45) is 10.9 Å². The summed E-state index contributed by atoms with van der Waals surface area (Å²) in [6.45, 7) is 5.95. The third kappa shape index (κ3) is 4.62. The molecule has 1 aromatic carbocycles. The molecule has 150 valence electrons. The predicted octanol–water partition coefficient (Wildman–Crippen LogP) is 4.31. The number of ether oxygens (including phenoxy) is 1. The number of aromatic nitrogens is 2. The van der Waals surface area contributed by atoms with E-state index in [0.717, 1.165) is 43.7 Å². The van der Waals surface area contributed by atoms with Crippen LogP contribution in [0.3, 0.4) is 0 Å². The van der Waals surface area contributed by atoms with E-state index in [1.54, 1.807) is 23.2 Å².